The van der Waals surface area contributed by atoms with Crippen molar-refractivity contribution in [3.05, 3.63) is 24.3 Å². The molecule has 1 aromatic carbocycles. The summed E-state index contributed by atoms with van der Waals surface area (Å²) in [5.41, 5.74) is 5.95. The van der Waals surface area contributed by atoms with Crippen molar-refractivity contribution in [2.75, 3.05) is 32.0 Å². The Kier molecular flexibility index (Phi) is 4.88. The maximum atomic E-state index is 12.1. The van der Waals surface area contributed by atoms with Crippen LogP contribution in [0.3, 0.4) is 0 Å². The van der Waals surface area contributed by atoms with Gasteiger partial charge in [0.1, 0.15) is 0 Å². The van der Waals surface area contributed by atoms with Gasteiger partial charge in [-0.3, -0.25) is 0 Å². The van der Waals surface area contributed by atoms with Crippen molar-refractivity contribution in [3.63, 3.8) is 0 Å². The highest BCUT2D eigenvalue weighted by molar-refractivity contribution is 7.89. The van der Waals surface area contributed by atoms with Crippen molar-refractivity contribution in [2.24, 2.45) is 0 Å². The van der Waals surface area contributed by atoms with Gasteiger partial charge in [0.05, 0.1) is 18.1 Å². The molecule has 6 nitrogen and oxygen atoms in total. The van der Waals surface area contributed by atoms with Crippen LogP contribution in [0.1, 0.15) is 0 Å². The molecule has 96 valence electrons. The number of aliphatic hydroxyl groups excluding tert-OH is 2. The Morgan fingerprint density at radius 1 is 1.06 bits per heavy atom. The second-order valence-electron chi connectivity index (χ2n) is 3.42. The minimum absolute atomic E-state index is 0.0483. The number of hydrogen-bond donors (Lipinski definition) is 3. The lowest BCUT2D eigenvalue weighted by Crippen LogP contribution is -2.35. The van der Waals surface area contributed by atoms with Crippen LogP contribution in [0, 0.1) is 0 Å². The van der Waals surface area contributed by atoms with E-state index >= 15 is 0 Å². The molecule has 0 aliphatic carbocycles. The number of sulfonamides is 1. The first-order valence-corrected chi connectivity index (χ1v) is 6.54. The van der Waals surface area contributed by atoms with Crippen LogP contribution in [0.25, 0.3) is 0 Å². The fourth-order valence-corrected chi connectivity index (χ4v) is 2.79. The molecule has 0 atom stereocenters. The summed E-state index contributed by atoms with van der Waals surface area (Å²) in [6.45, 7) is -0.692. The molecule has 4 N–H and O–H groups in total. The average molecular weight is 260 g/mol. The number of nitrogens with two attached hydrogens (primary N) is 1. The Bertz CT molecular complexity index is 438. The first kappa shape index (κ1) is 13.9. The first-order chi connectivity index (χ1) is 8.02. The minimum Gasteiger partial charge on any atom is -0.399 e. The largest absolute Gasteiger partial charge is 0.399 e. The van der Waals surface area contributed by atoms with Gasteiger partial charge in [-0.05, 0) is 24.3 Å². The third-order valence-corrected chi connectivity index (χ3v) is 4.13. The molecule has 0 amide bonds. The normalized spacial score (nSPS) is 11.9. The first-order valence-electron chi connectivity index (χ1n) is 5.09. The molecule has 1 rings (SSSR count). The Morgan fingerprint density at radius 3 is 1.94 bits per heavy atom. The van der Waals surface area contributed by atoms with Crippen LogP contribution in [0.4, 0.5) is 5.69 Å². The zero-order valence-corrected chi connectivity index (χ0v) is 10.1. The Balaban J connectivity index is 3.02. The second-order valence-corrected chi connectivity index (χ2v) is 5.36. The zero-order valence-electron chi connectivity index (χ0n) is 9.28. The summed E-state index contributed by atoms with van der Waals surface area (Å²) in [6, 6.07) is 5.77. The van der Waals surface area contributed by atoms with Gasteiger partial charge < -0.3 is 15.9 Å². The molecule has 0 unspecified atom stereocenters. The lowest BCUT2D eigenvalue weighted by atomic mass is 10.3. The number of aliphatic hydroxyl groups is 2. The van der Waals surface area contributed by atoms with Gasteiger partial charge in [-0.2, -0.15) is 4.31 Å². The predicted molar refractivity (Wildman–Crippen MR) is 63.8 cm³/mol. The molecule has 0 radical (unpaired) electrons. The van der Waals surface area contributed by atoms with Crippen LogP contribution in [0.15, 0.2) is 29.2 Å². The van der Waals surface area contributed by atoms with E-state index in [-0.39, 0.29) is 31.2 Å². The quantitative estimate of drug-likeness (QED) is 0.583. The predicted octanol–water partition coefficient (Wildman–Crippen LogP) is -0.756. The average Bonchev–Trinajstić information content (AvgIpc) is 2.29. The van der Waals surface area contributed by atoms with Crippen LogP contribution in [0.5, 0.6) is 0 Å². The van der Waals surface area contributed by atoms with Gasteiger partial charge in [0.25, 0.3) is 0 Å². The van der Waals surface area contributed by atoms with Crippen LogP contribution in [0.2, 0.25) is 0 Å². The SMILES string of the molecule is Nc1ccc(S(=O)(=O)N(CCO)CCO)cc1. The van der Waals surface area contributed by atoms with Gasteiger partial charge >= 0.3 is 0 Å². The molecule has 0 aliphatic rings. The van der Waals surface area contributed by atoms with Crippen LogP contribution >= 0.6 is 0 Å². The maximum absolute atomic E-state index is 12.1. The van der Waals surface area contributed by atoms with Gasteiger partial charge in [0.2, 0.25) is 10.0 Å². The third-order valence-electron chi connectivity index (χ3n) is 2.22. The lowest BCUT2D eigenvalue weighted by Gasteiger charge is -2.20. The van der Waals surface area contributed by atoms with Crippen LogP contribution in [-0.4, -0.2) is 49.2 Å². The molecule has 0 bridgehead atoms. The Morgan fingerprint density at radius 2 is 1.53 bits per heavy atom. The molecule has 0 aliphatic heterocycles. The van der Waals surface area contributed by atoms with Gasteiger partial charge in [-0.15, -0.1) is 0 Å². The summed E-state index contributed by atoms with van der Waals surface area (Å²) in [6.07, 6.45) is 0. The summed E-state index contributed by atoms with van der Waals surface area (Å²) in [5, 5.41) is 17.6. The molecule has 0 saturated heterocycles. The fourth-order valence-electron chi connectivity index (χ4n) is 1.36. The number of nitrogens with zero attached hydrogens (tertiary/aromatic N) is 1. The van der Waals surface area contributed by atoms with Crippen molar-refractivity contribution in [1.82, 2.24) is 4.31 Å². The number of anilines is 1. The van der Waals surface area contributed by atoms with E-state index in [4.69, 9.17) is 15.9 Å². The van der Waals surface area contributed by atoms with Crippen LogP contribution < -0.4 is 5.73 Å². The fraction of sp³-hybridized carbons (Fsp3) is 0.400. The van der Waals surface area contributed by atoms with Crippen molar-refractivity contribution < 1.29 is 18.6 Å². The van der Waals surface area contributed by atoms with Crippen molar-refractivity contribution >= 4 is 15.7 Å². The molecule has 0 aromatic heterocycles. The van der Waals surface area contributed by atoms with Gasteiger partial charge in [0, 0.05) is 18.8 Å². The lowest BCUT2D eigenvalue weighted by molar-refractivity contribution is 0.217. The third kappa shape index (κ3) is 3.40. The summed E-state index contributed by atoms with van der Waals surface area (Å²) in [4.78, 5) is 0.0913. The van der Waals surface area contributed by atoms with Crippen LogP contribution in [-0.2, 0) is 10.0 Å². The van der Waals surface area contributed by atoms with E-state index in [0.717, 1.165) is 4.31 Å². The van der Waals surface area contributed by atoms with Gasteiger partial charge in [-0.25, -0.2) is 8.42 Å². The Labute approximate surface area is 100 Å². The molecular weight excluding hydrogens is 244 g/mol. The Hall–Kier alpha value is -1.15. The topological polar surface area (TPSA) is 104 Å². The van der Waals surface area contributed by atoms with Crippen molar-refractivity contribution in [3.8, 4) is 0 Å². The molecule has 0 fully saturated rings. The van der Waals surface area contributed by atoms with Gasteiger partial charge in [-0.1, -0.05) is 0 Å². The van der Waals surface area contributed by atoms with E-state index in [2.05, 4.69) is 0 Å². The highest BCUT2D eigenvalue weighted by atomic mass is 32.2. The number of hydrogen-bond acceptors (Lipinski definition) is 5. The van der Waals surface area contributed by atoms with E-state index in [1.165, 1.54) is 24.3 Å². The molecule has 0 spiro atoms. The summed E-state index contributed by atoms with van der Waals surface area (Å²) >= 11 is 0. The van der Waals surface area contributed by atoms with E-state index in [1.807, 2.05) is 0 Å². The van der Waals surface area contributed by atoms with E-state index in [0.29, 0.717) is 5.69 Å². The number of rotatable bonds is 6. The van der Waals surface area contributed by atoms with E-state index in [1.54, 1.807) is 0 Å². The molecule has 0 heterocycles. The second kappa shape index (κ2) is 5.97. The van der Waals surface area contributed by atoms with Crippen molar-refractivity contribution in [2.45, 2.75) is 4.90 Å². The number of nitrogen functional groups attached to an aromatic ring is 1. The highest BCUT2D eigenvalue weighted by Gasteiger charge is 2.23. The summed E-state index contributed by atoms with van der Waals surface area (Å²) in [5.74, 6) is 0. The maximum Gasteiger partial charge on any atom is 0.243 e. The monoisotopic (exact) mass is 260 g/mol. The van der Waals surface area contributed by atoms with Gasteiger partial charge in [0.15, 0.2) is 0 Å². The molecule has 17 heavy (non-hydrogen) atoms. The molecule has 1 aromatic rings. The standard InChI is InChI=1S/C10H16N2O4S/c11-9-1-3-10(4-2-9)17(15,16)12(5-7-13)6-8-14/h1-4,13-14H,5-8,11H2. The number of benzene rings is 1. The minimum atomic E-state index is -3.68. The smallest absolute Gasteiger partial charge is 0.243 e. The van der Waals surface area contributed by atoms with Crippen molar-refractivity contribution in [1.29, 1.82) is 0 Å². The molecule has 0 saturated carbocycles. The van der Waals surface area contributed by atoms with E-state index in [9.17, 15) is 8.42 Å². The zero-order chi connectivity index (χ0) is 12.9. The van der Waals surface area contributed by atoms with E-state index < -0.39 is 10.0 Å². The summed E-state index contributed by atoms with van der Waals surface area (Å²) < 4.78 is 25.2. The molecular formula is C10H16N2O4S. The highest BCUT2D eigenvalue weighted by Crippen LogP contribution is 2.16. The summed E-state index contributed by atoms with van der Waals surface area (Å²) in [7, 11) is -3.68. The molecule has 7 heteroatoms.